The first-order valence-corrected chi connectivity index (χ1v) is 9.30. The molecule has 0 aromatic carbocycles. The number of carbonyl (C=O) groups excluding carboxylic acids is 2. The molecule has 1 saturated heterocycles. The first-order valence-electron chi connectivity index (χ1n) is 9.30. The Morgan fingerprint density at radius 2 is 1.93 bits per heavy atom. The van der Waals surface area contributed by atoms with Crippen molar-refractivity contribution in [3.8, 4) is 0 Å². The Hall–Kier alpha value is -3.29. The second kappa shape index (κ2) is 7.38. The fraction of sp³-hybridized carbons (Fsp3) is 0.350. The minimum Gasteiger partial charge on any atom is -0.345 e. The van der Waals surface area contributed by atoms with Gasteiger partial charge in [0.2, 0.25) is 0 Å². The summed E-state index contributed by atoms with van der Waals surface area (Å²) in [6.07, 6.45) is 8.41. The molecular weight excluding hydrogens is 356 g/mol. The highest BCUT2D eigenvalue weighted by Gasteiger charge is 2.28. The predicted molar refractivity (Wildman–Crippen MR) is 103 cm³/mol. The second-order valence-electron chi connectivity index (χ2n) is 7.19. The molecule has 0 bridgehead atoms. The van der Waals surface area contributed by atoms with E-state index in [1.807, 2.05) is 11.0 Å². The van der Waals surface area contributed by atoms with E-state index < -0.39 is 0 Å². The fourth-order valence-corrected chi connectivity index (χ4v) is 3.69. The lowest BCUT2D eigenvalue weighted by Gasteiger charge is -2.33. The van der Waals surface area contributed by atoms with Crippen LogP contribution >= 0.6 is 0 Å². The van der Waals surface area contributed by atoms with Gasteiger partial charge in [0.1, 0.15) is 5.56 Å². The van der Waals surface area contributed by atoms with Crippen LogP contribution in [0.25, 0.3) is 5.65 Å². The summed E-state index contributed by atoms with van der Waals surface area (Å²) in [5.74, 6) is 0.0198. The summed E-state index contributed by atoms with van der Waals surface area (Å²) in [5.41, 5.74) is 2.64. The molecule has 0 saturated carbocycles. The van der Waals surface area contributed by atoms with Crippen molar-refractivity contribution in [2.45, 2.75) is 18.8 Å². The zero-order valence-electron chi connectivity index (χ0n) is 15.9. The number of piperidine rings is 1. The Kier molecular flexibility index (Phi) is 4.77. The maximum Gasteiger partial charge on any atom is 0.258 e. The molecule has 8 nitrogen and oxygen atoms in total. The zero-order valence-corrected chi connectivity index (χ0v) is 15.9. The number of fused-ring (bicyclic) bond motifs is 1. The van der Waals surface area contributed by atoms with E-state index in [4.69, 9.17) is 0 Å². The molecule has 2 amide bonds. The van der Waals surface area contributed by atoms with Crippen LogP contribution in [-0.4, -0.2) is 68.4 Å². The molecule has 1 aliphatic heterocycles. The number of amides is 2. The Morgan fingerprint density at radius 3 is 2.68 bits per heavy atom. The van der Waals surface area contributed by atoms with Crippen LogP contribution in [-0.2, 0) is 0 Å². The minimum absolute atomic E-state index is 0.0151. The molecule has 0 aliphatic carbocycles. The highest BCUT2D eigenvalue weighted by molar-refractivity contribution is 5.99. The van der Waals surface area contributed by atoms with Crippen LogP contribution in [0.1, 0.15) is 45.2 Å². The van der Waals surface area contributed by atoms with E-state index in [9.17, 15) is 9.59 Å². The van der Waals surface area contributed by atoms with Gasteiger partial charge < -0.3 is 9.80 Å². The number of nitrogens with zero attached hydrogens (tertiary/aromatic N) is 6. The Bertz CT molecular complexity index is 1010. The highest BCUT2D eigenvalue weighted by Crippen LogP contribution is 2.28. The molecule has 0 radical (unpaired) electrons. The van der Waals surface area contributed by atoms with Crippen LogP contribution in [0, 0.1) is 0 Å². The van der Waals surface area contributed by atoms with Gasteiger partial charge in [0.15, 0.2) is 5.65 Å². The molecule has 3 aromatic rings. The van der Waals surface area contributed by atoms with E-state index in [1.165, 1.54) is 4.90 Å². The maximum absolute atomic E-state index is 12.8. The second-order valence-corrected chi connectivity index (χ2v) is 7.19. The third kappa shape index (κ3) is 3.21. The molecule has 0 spiro atoms. The van der Waals surface area contributed by atoms with E-state index >= 15 is 0 Å². The van der Waals surface area contributed by atoms with Crippen molar-refractivity contribution in [2.75, 3.05) is 27.2 Å². The van der Waals surface area contributed by atoms with Crippen molar-refractivity contribution >= 4 is 17.5 Å². The van der Waals surface area contributed by atoms with Crippen LogP contribution in [0.2, 0.25) is 0 Å². The van der Waals surface area contributed by atoms with E-state index in [1.54, 1.807) is 55.5 Å². The van der Waals surface area contributed by atoms with Crippen LogP contribution in [0.15, 0.2) is 43.0 Å². The van der Waals surface area contributed by atoms with Crippen molar-refractivity contribution in [1.29, 1.82) is 0 Å². The van der Waals surface area contributed by atoms with E-state index in [2.05, 4.69) is 15.1 Å². The molecule has 1 fully saturated rings. The molecule has 144 valence electrons. The molecule has 28 heavy (non-hydrogen) atoms. The monoisotopic (exact) mass is 378 g/mol. The quantitative estimate of drug-likeness (QED) is 0.694. The lowest BCUT2D eigenvalue weighted by atomic mass is 9.94. The van der Waals surface area contributed by atoms with Gasteiger partial charge in [-0.1, -0.05) is 0 Å². The van der Waals surface area contributed by atoms with Gasteiger partial charge in [-0.25, -0.2) is 9.50 Å². The van der Waals surface area contributed by atoms with Crippen LogP contribution < -0.4 is 0 Å². The zero-order chi connectivity index (χ0) is 19.7. The number of carbonyl (C=O) groups is 2. The Labute approximate surface area is 162 Å². The first kappa shape index (κ1) is 18.1. The molecule has 4 heterocycles. The first-order chi connectivity index (χ1) is 13.6. The Morgan fingerprint density at radius 1 is 1.14 bits per heavy atom. The van der Waals surface area contributed by atoms with E-state index in [-0.39, 0.29) is 17.7 Å². The summed E-state index contributed by atoms with van der Waals surface area (Å²) >= 11 is 0. The van der Waals surface area contributed by atoms with Crippen molar-refractivity contribution in [2.24, 2.45) is 0 Å². The summed E-state index contributed by atoms with van der Waals surface area (Å²) < 4.78 is 1.74. The number of pyridine rings is 1. The summed E-state index contributed by atoms with van der Waals surface area (Å²) in [4.78, 5) is 36.9. The van der Waals surface area contributed by atoms with Gasteiger partial charge in [0, 0.05) is 57.3 Å². The van der Waals surface area contributed by atoms with Crippen molar-refractivity contribution in [3.05, 3.63) is 59.8 Å². The van der Waals surface area contributed by atoms with Crippen LogP contribution in [0.5, 0.6) is 0 Å². The molecular formula is C20H22N6O2. The number of rotatable bonds is 3. The topological polar surface area (TPSA) is 83.7 Å². The smallest absolute Gasteiger partial charge is 0.258 e. The van der Waals surface area contributed by atoms with Crippen molar-refractivity contribution in [3.63, 3.8) is 0 Å². The maximum atomic E-state index is 12.8. The molecule has 8 heteroatoms. The van der Waals surface area contributed by atoms with Crippen molar-refractivity contribution in [1.82, 2.24) is 29.4 Å². The molecule has 4 rings (SSSR count). The third-order valence-electron chi connectivity index (χ3n) is 5.12. The Balaban J connectivity index is 1.63. The summed E-state index contributed by atoms with van der Waals surface area (Å²) in [6, 6.07) is 5.40. The van der Waals surface area contributed by atoms with Gasteiger partial charge in [-0.3, -0.25) is 14.6 Å². The van der Waals surface area contributed by atoms with E-state index in [0.29, 0.717) is 23.3 Å². The SMILES string of the molecule is CN(C)C(=O)c1cnn2c([C@H]3CCCN(C(=O)c4ccncc4)C3)ccnc12. The highest BCUT2D eigenvalue weighted by atomic mass is 16.2. The van der Waals surface area contributed by atoms with E-state index in [0.717, 1.165) is 25.1 Å². The van der Waals surface area contributed by atoms with Gasteiger partial charge in [-0.05, 0) is 31.0 Å². The van der Waals surface area contributed by atoms with Gasteiger partial charge >= 0.3 is 0 Å². The average molecular weight is 378 g/mol. The standard InChI is InChI=1S/C20H22N6O2/c1-24(2)20(28)16-12-23-26-17(7-10-22-18(16)26)15-4-3-11-25(13-15)19(27)14-5-8-21-9-6-14/h5-10,12,15H,3-4,11,13H2,1-2H3/t15-/m0/s1. The largest absolute Gasteiger partial charge is 0.345 e. The van der Waals surface area contributed by atoms with Gasteiger partial charge in [-0.2, -0.15) is 5.10 Å². The lowest BCUT2D eigenvalue weighted by Crippen LogP contribution is -2.39. The number of hydrogen-bond acceptors (Lipinski definition) is 5. The van der Waals surface area contributed by atoms with Crippen molar-refractivity contribution < 1.29 is 9.59 Å². The van der Waals surface area contributed by atoms with Gasteiger partial charge in [0.25, 0.3) is 11.8 Å². The van der Waals surface area contributed by atoms with Crippen LogP contribution in [0.3, 0.4) is 0 Å². The number of hydrogen-bond donors (Lipinski definition) is 0. The normalized spacial score (nSPS) is 16.9. The molecule has 0 N–H and O–H groups in total. The van der Waals surface area contributed by atoms with Gasteiger partial charge in [0.05, 0.1) is 11.9 Å². The minimum atomic E-state index is -0.127. The average Bonchev–Trinajstić information content (AvgIpc) is 3.17. The fourth-order valence-electron chi connectivity index (χ4n) is 3.69. The predicted octanol–water partition coefficient (Wildman–Crippen LogP) is 1.85. The summed E-state index contributed by atoms with van der Waals surface area (Å²) in [7, 11) is 3.42. The molecule has 1 atom stereocenters. The molecule has 0 unspecified atom stereocenters. The molecule has 3 aromatic heterocycles. The summed E-state index contributed by atoms with van der Waals surface area (Å²) in [5, 5.41) is 4.42. The third-order valence-corrected chi connectivity index (χ3v) is 5.12. The van der Waals surface area contributed by atoms with Gasteiger partial charge in [-0.15, -0.1) is 0 Å². The number of aromatic nitrogens is 4. The summed E-state index contributed by atoms with van der Waals surface area (Å²) in [6.45, 7) is 1.34. The molecule has 1 aliphatic rings. The number of likely N-dealkylation sites (tertiary alicyclic amines) is 1. The lowest BCUT2D eigenvalue weighted by molar-refractivity contribution is 0.0704. The van der Waals surface area contributed by atoms with Crippen LogP contribution in [0.4, 0.5) is 0 Å².